The number of carbonyl (C=O) groups is 3. The molecule has 0 aromatic heterocycles. The summed E-state index contributed by atoms with van der Waals surface area (Å²) >= 11 is 0. The molecule has 2 fully saturated rings. The van der Waals surface area contributed by atoms with Crippen molar-refractivity contribution in [3.8, 4) is 0 Å². The largest absolute Gasteiger partial charge is 0.355 e. The molecule has 0 radical (unpaired) electrons. The predicted molar refractivity (Wildman–Crippen MR) is 87.8 cm³/mol. The molecule has 23 heavy (non-hydrogen) atoms. The second kappa shape index (κ2) is 7.79. The number of nitrogens with one attached hydrogen (secondary N) is 2. The van der Waals surface area contributed by atoms with Gasteiger partial charge in [-0.1, -0.05) is 46.0 Å². The normalized spacial score (nSPS) is 27.4. The summed E-state index contributed by atoms with van der Waals surface area (Å²) < 4.78 is 0. The first-order valence-electron chi connectivity index (χ1n) is 8.92. The lowest BCUT2D eigenvalue weighted by atomic mass is 9.73. The van der Waals surface area contributed by atoms with Crippen molar-refractivity contribution in [3.05, 3.63) is 0 Å². The Bertz CT molecular complexity index is 466. The lowest BCUT2D eigenvalue weighted by molar-refractivity contribution is -0.137. The number of rotatable bonds is 7. The SMILES string of the molecule is CCCCCCNC(=O)CN1C(=O)N[C@@]2(CCCC[C@@H]2C)C1=O. The molecule has 2 atom stereocenters. The van der Waals surface area contributed by atoms with E-state index in [0.717, 1.165) is 49.8 Å². The molecule has 1 aliphatic carbocycles. The van der Waals surface area contributed by atoms with E-state index in [-0.39, 0.29) is 24.3 Å². The molecule has 1 saturated heterocycles. The van der Waals surface area contributed by atoms with Crippen LogP contribution in [0.3, 0.4) is 0 Å². The Morgan fingerprint density at radius 3 is 2.78 bits per heavy atom. The maximum absolute atomic E-state index is 12.7. The molecule has 0 aromatic carbocycles. The first kappa shape index (κ1) is 17.8. The third-order valence-corrected chi connectivity index (χ3v) is 5.16. The average molecular weight is 323 g/mol. The third kappa shape index (κ3) is 3.85. The zero-order valence-electron chi connectivity index (χ0n) is 14.3. The molecular formula is C17H29N3O3. The highest BCUT2D eigenvalue weighted by atomic mass is 16.2. The summed E-state index contributed by atoms with van der Waals surface area (Å²) in [7, 11) is 0. The Hall–Kier alpha value is -1.59. The van der Waals surface area contributed by atoms with E-state index in [0.29, 0.717) is 13.0 Å². The first-order chi connectivity index (χ1) is 11.0. The quantitative estimate of drug-likeness (QED) is 0.557. The van der Waals surface area contributed by atoms with E-state index in [2.05, 4.69) is 17.6 Å². The number of imide groups is 1. The topological polar surface area (TPSA) is 78.5 Å². The molecule has 0 aromatic rings. The fourth-order valence-corrected chi connectivity index (χ4v) is 3.62. The van der Waals surface area contributed by atoms with Gasteiger partial charge in [0.1, 0.15) is 12.1 Å². The summed E-state index contributed by atoms with van der Waals surface area (Å²) in [5, 5.41) is 5.66. The van der Waals surface area contributed by atoms with Crippen molar-refractivity contribution in [2.24, 2.45) is 5.92 Å². The highest BCUT2D eigenvalue weighted by Crippen LogP contribution is 2.38. The van der Waals surface area contributed by atoms with Gasteiger partial charge < -0.3 is 10.6 Å². The van der Waals surface area contributed by atoms with Crippen LogP contribution in [-0.2, 0) is 9.59 Å². The van der Waals surface area contributed by atoms with Gasteiger partial charge >= 0.3 is 6.03 Å². The highest BCUT2D eigenvalue weighted by molar-refractivity contribution is 6.09. The molecule has 1 aliphatic heterocycles. The van der Waals surface area contributed by atoms with Gasteiger partial charge in [-0.25, -0.2) is 4.79 Å². The fourth-order valence-electron chi connectivity index (χ4n) is 3.62. The van der Waals surface area contributed by atoms with E-state index in [1.807, 2.05) is 6.92 Å². The maximum atomic E-state index is 12.7. The van der Waals surface area contributed by atoms with Crippen LogP contribution >= 0.6 is 0 Å². The first-order valence-corrected chi connectivity index (χ1v) is 8.92. The molecule has 130 valence electrons. The van der Waals surface area contributed by atoms with Crippen LogP contribution in [-0.4, -0.2) is 41.4 Å². The number of unbranched alkanes of at least 4 members (excludes halogenated alkanes) is 3. The lowest BCUT2D eigenvalue weighted by Crippen LogP contribution is -2.54. The summed E-state index contributed by atoms with van der Waals surface area (Å²) in [6.07, 6.45) is 7.96. The summed E-state index contributed by atoms with van der Waals surface area (Å²) in [5.74, 6) is -0.365. The predicted octanol–water partition coefficient (Wildman–Crippen LogP) is 2.18. The van der Waals surface area contributed by atoms with Gasteiger partial charge in [-0.05, 0) is 25.2 Å². The molecule has 2 N–H and O–H groups in total. The molecule has 0 bridgehead atoms. The molecule has 1 spiro atoms. The smallest absolute Gasteiger partial charge is 0.325 e. The number of urea groups is 1. The van der Waals surface area contributed by atoms with Gasteiger partial charge in [0.15, 0.2) is 0 Å². The van der Waals surface area contributed by atoms with Crippen LogP contribution in [0.25, 0.3) is 0 Å². The standard InChI is InChI=1S/C17H29N3O3/c1-3-4-5-8-11-18-14(21)12-20-15(22)17(19-16(20)23)10-7-6-9-13(17)2/h13H,3-12H2,1-2H3,(H,18,21)(H,19,23)/t13-,17+/m0/s1. The number of hydrogen-bond acceptors (Lipinski definition) is 3. The fraction of sp³-hybridized carbons (Fsp3) is 0.824. The minimum atomic E-state index is -0.781. The van der Waals surface area contributed by atoms with Crippen molar-refractivity contribution in [2.75, 3.05) is 13.1 Å². The molecule has 1 heterocycles. The van der Waals surface area contributed by atoms with Gasteiger partial charge in [0, 0.05) is 6.54 Å². The molecule has 4 amide bonds. The summed E-state index contributed by atoms with van der Waals surface area (Å²) in [4.78, 5) is 38.0. The lowest BCUT2D eigenvalue weighted by Gasteiger charge is -2.36. The van der Waals surface area contributed by atoms with Crippen LogP contribution in [0.1, 0.15) is 65.2 Å². The van der Waals surface area contributed by atoms with E-state index in [4.69, 9.17) is 0 Å². The Kier molecular flexibility index (Phi) is 6.02. The van der Waals surface area contributed by atoms with E-state index >= 15 is 0 Å². The molecule has 1 saturated carbocycles. The van der Waals surface area contributed by atoms with E-state index < -0.39 is 11.6 Å². The summed E-state index contributed by atoms with van der Waals surface area (Å²) in [6.45, 7) is 4.57. The van der Waals surface area contributed by atoms with Gasteiger partial charge in [-0.2, -0.15) is 0 Å². The molecule has 0 unspecified atom stereocenters. The van der Waals surface area contributed by atoms with Crippen LogP contribution < -0.4 is 10.6 Å². The number of amides is 4. The molecular weight excluding hydrogens is 294 g/mol. The minimum absolute atomic E-state index is 0.120. The third-order valence-electron chi connectivity index (χ3n) is 5.16. The zero-order valence-corrected chi connectivity index (χ0v) is 14.3. The zero-order chi connectivity index (χ0) is 16.9. The van der Waals surface area contributed by atoms with Crippen molar-refractivity contribution in [1.29, 1.82) is 0 Å². The Morgan fingerprint density at radius 2 is 2.09 bits per heavy atom. The van der Waals surface area contributed by atoms with Gasteiger partial charge in [0.2, 0.25) is 5.91 Å². The number of nitrogens with zero attached hydrogens (tertiary/aromatic N) is 1. The highest BCUT2D eigenvalue weighted by Gasteiger charge is 2.55. The summed E-state index contributed by atoms with van der Waals surface area (Å²) in [5.41, 5.74) is -0.781. The van der Waals surface area contributed by atoms with Crippen LogP contribution in [0.15, 0.2) is 0 Å². The molecule has 2 aliphatic rings. The van der Waals surface area contributed by atoms with Crippen molar-refractivity contribution < 1.29 is 14.4 Å². The van der Waals surface area contributed by atoms with Gasteiger partial charge in [0.25, 0.3) is 5.91 Å². The van der Waals surface area contributed by atoms with Crippen LogP contribution in [0.5, 0.6) is 0 Å². The minimum Gasteiger partial charge on any atom is -0.355 e. The molecule has 2 rings (SSSR count). The Labute approximate surface area is 138 Å². The van der Waals surface area contributed by atoms with Crippen molar-refractivity contribution in [1.82, 2.24) is 15.5 Å². The van der Waals surface area contributed by atoms with Gasteiger partial charge in [0.05, 0.1) is 0 Å². The second-order valence-electron chi connectivity index (χ2n) is 6.85. The number of carbonyl (C=O) groups excluding carboxylic acids is 3. The van der Waals surface area contributed by atoms with E-state index in [1.165, 1.54) is 0 Å². The Morgan fingerprint density at radius 1 is 1.30 bits per heavy atom. The van der Waals surface area contributed by atoms with Crippen molar-refractivity contribution in [3.63, 3.8) is 0 Å². The summed E-state index contributed by atoms with van der Waals surface area (Å²) in [6, 6.07) is -0.426. The molecule has 6 heteroatoms. The van der Waals surface area contributed by atoms with E-state index in [9.17, 15) is 14.4 Å². The van der Waals surface area contributed by atoms with Gasteiger partial charge in [-0.3, -0.25) is 14.5 Å². The monoisotopic (exact) mass is 323 g/mol. The van der Waals surface area contributed by atoms with Crippen LogP contribution in [0.2, 0.25) is 0 Å². The maximum Gasteiger partial charge on any atom is 0.325 e. The molecule has 6 nitrogen and oxygen atoms in total. The van der Waals surface area contributed by atoms with Crippen LogP contribution in [0.4, 0.5) is 4.79 Å². The van der Waals surface area contributed by atoms with Crippen LogP contribution in [0, 0.1) is 5.92 Å². The Balaban J connectivity index is 1.87. The number of hydrogen-bond donors (Lipinski definition) is 2. The second-order valence-corrected chi connectivity index (χ2v) is 6.85. The van der Waals surface area contributed by atoms with Crippen molar-refractivity contribution >= 4 is 17.8 Å². The van der Waals surface area contributed by atoms with Crippen molar-refractivity contribution in [2.45, 2.75) is 70.8 Å². The average Bonchev–Trinajstić information content (AvgIpc) is 2.75. The van der Waals surface area contributed by atoms with Gasteiger partial charge in [-0.15, -0.1) is 0 Å². The van der Waals surface area contributed by atoms with E-state index in [1.54, 1.807) is 0 Å².